The zero-order chi connectivity index (χ0) is 18.6. The predicted octanol–water partition coefficient (Wildman–Crippen LogP) is 3.32. The van der Waals surface area contributed by atoms with Crippen molar-refractivity contribution in [2.75, 3.05) is 31.7 Å². The van der Waals surface area contributed by atoms with Gasteiger partial charge in [-0.15, -0.1) is 0 Å². The third-order valence-electron chi connectivity index (χ3n) is 4.86. The SMILES string of the molecule is CCOc1ccccc1NC(=O)NCCc1c2c(cc3c1OCC3)OCC2. The number of fused-ring (bicyclic) bond motifs is 2. The first-order valence-electron chi connectivity index (χ1n) is 9.46. The molecular formula is C21H24N2O4. The van der Waals surface area contributed by atoms with Gasteiger partial charge in [0.2, 0.25) is 0 Å². The topological polar surface area (TPSA) is 68.8 Å². The lowest BCUT2D eigenvalue weighted by Crippen LogP contribution is -2.30. The van der Waals surface area contributed by atoms with E-state index in [1.807, 2.05) is 31.2 Å². The molecule has 2 aromatic carbocycles. The molecule has 0 aliphatic carbocycles. The number of anilines is 1. The largest absolute Gasteiger partial charge is 0.493 e. The van der Waals surface area contributed by atoms with Crippen molar-refractivity contribution in [2.24, 2.45) is 0 Å². The van der Waals surface area contributed by atoms with Gasteiger partial charge < -0.3 is 24.8 Å². The first-order chi connectivity index (χ1) is 13.3. The van der Waals surface area contributed by atoms with Gasteiger partial charge in [-0.05, 0) is 31.5 Å². The molecule has 142 valence electrons. The number of carbonyl (C=O) groups is 1. The molecule has 0 saturated carbocycles. The fourth-order valence-electron chi connectivity index (χ4n) is 3.67. The molecule has 0 unspecified atom stereocenters. The van der Waals surface area contributed by atoms with Crippen LogP contribution in [0.15, 0.2) is 30.3 Å². The molecule has 0 radical (unpaired) electrons. The van der Waals surface area contributed by atoms with E-state index in [9.17, 15) is 4.79 Å². The Kier molecular flexibility index (Phi) is 5.05. The molecule has 2 aliphatic heterocycles. The van der Waals surface area contributed by atoms with Gasteiger partial charge in [0.05, 0.1) is 25.5 Å². The van der Waals surface area contributed by atoms with E-state index < -0.39 is 0 Å². The maximum absolute atomic E-state index is 12.3. The number of nitrogens with one attached hydrogen (secondary N) is 2. The number of benzene rings is 2. The Morgan fingerprint density at radius 3 is 2.93 bits per heavy atom. The molecule has 0 atom stereocenters. The van der Waals surface area contributed by atoms with Gasteiger partial charge in [-0.1, -0.05) is 12.1 Å². The quantitative estimate of drug-likeness (QED) is 0.821. The zero-order valence-electron chi connectivity index (χ0n) is 15.5. The van der Waals surface area contributed by atoms with Crippen molar-refractivity contribution in [3.05, 3.63) is 47.0 Å². The second-order valence-electron chi connectivity index (χ2n) is 6.58. The summed E-state index contributed by atoms with van der Waals surface area (Å²) in [6.07, 6.45) is 2.53. The summed E-state index contributed by atoms with van der Waals surface area (Å²) in [6.45, 7) is 4.42. The molecule has 6 heteroatoms. The van der Waals surface area contributed by atoms with Gasteiger partial charge in [-0.2, -0.15) is 0 Å². The normalized spacial score (nSPS) is 14.0. The van der Waals surface area contributed by atoms with Crippen molar-refractivity contribution in [2.45, 2.75) is 26.2 Å². The van der Waals surface area contributed by atoms with Gasteiger partial charge in [-0.3, -0.25) is 0 Å². The number of hydrogen-bond donors (Lipinski definition) is 2. The molecule has 2 N–H and O–H groups in total. The van der Waals surface area contributed by atoms with E-state index in [2.05, 4.69) is 16.7 Å². The molecule has 0 aromatic heterocycles. The molecule has 0 spiro atoms. The Morgan fingerprint density at radius 1 is 1.19 bits per heavy atom. The molecule has 2 aliphatic rings. The fourth-order valence-corrected chi connectivity index (χ4v) is 3.67. The van der Waals surface area contributed by atoms with Crippen LogP contribution in [-0.2, 0) is 19.3 Å². The molecule has 2 heterocycles. The second-order valence-corrected chi connectivity index (χ2v) is 6.58. The third kappa shape index (κ3) is 3.65. The maximum Gasteiger partial charge on any atom is 0.319 e. The van der Waals surface area contributed by atoms with Gasteiger partial charge >= 0.3 is 6.03 Å². The molecule has 2 aromatic rings. The van der Waals surface area contributed by atoms with Crippen LogP contribution in [-0.4, -0.2) is 32.4 Å². The lowest BCUT2D eigenvalue weighted by atomic mass is 9.97. The molecule has 2 amide bonds. The van der Waals surface area contributed by atoms with Crippen LogP contribution in [0, 0.1) is 0 Å². The van der Waals surface area contributed by atoms with Gasteiger partial charge in [0.25, 0.3) is 0 Å². The number of para-hydroxylation sites is 2. The van der Waals surface area contributed by atoms with Crippen LogP contribution < -0.4 is 24.8 Å². The molecular weight excluding hydrogens is 344 g/mol. The highest BCUT2D eigenvalue weighted by atomic mass is 16.5. The van der Waals surface area contributed by atoms with Crippen LogP contribution >= 0.6 is 0 Å². The third-order valence-corrected chi connectivity index (χ3v) is 4.86. The highest BCUT2D eigenvalue weighted by Crippen LogP contribution is 2.40. The minimum atomic E-state index is -0.247. The first-order valence-corrected chi connectivity index (χ1v) is 9.46. The minimum Gasteiger partial charge on any atom is -0.493 e. The Balaban J connectivity index is 1.39. The van der Waals surface area contributed by atoms with Crippen molar-refractivity contribution >= 4 is 11.7 Å². The Bertz CT molecular complexity index is 818. The highest BCUT2D eigenvalue weighted by Gasteiger charge is 2.26. The standard InChI is InChI=1S/C21H24N2O4/c1-2-25-18-6-4-3-5-17(18)23-21(24)22-10-7-16-15-9-12-26-19(15)13-14-8-11-27-20(14)16/h3-6,13H,2,7-12H2,1H3,(H2,22,23,24). The maximum atomic E-state index is 12.3. The van der Waals surface area contributed by atoms with E-state index >= 15 is 0 Å². The molecule has 27 heavy (non-hydrogen) atoms. The summed E-state index contributed by atoms with van der Waals surface area (Å²) in [4.78, 5) is 12.3. The Hall–Kier alpha value is -2.89. The smallest absolute Gasteiger partial charge is 0.319 e. The van der Waals surface area contributed by atoms with Gasteiger partial charge in [0, 0.05) is 36.1 Å². The average molecular weight is 368 g/mol. The van der Waals surface area contributed by atoms with Gasteiger partial charge in [0.1, 0.15) is 17.2 Å². The number of rotatable bonds is 6. The number of hydrogen-bond acceptors (Lipinski definition) is 4. The van der Waals surface area contributed by atoms with E-state index in [-0.39, 0.29) is 6.03 Å². The average Bonchev–Trinajstić information content (AvgIpc) is 3.32. The van der Waals surface area contributed by atoms with Crippen LogP contribution in [0.1, 0.15) is 23.6 Å². The van der Waals surface area contributed by atoms with E-state index in [1.165, 1.54) is 16.7 Å². The van der Waals surface area contributed by atoms with Gasteiger partial charge in [-0.25, -0.2) is 4.79 Å². The summed E-state index contributed by atoms with van der Waals surface area (Å²) in [7, 11) is 0. The van der Waals surface area contributed by atoms with E-state index in [1.54, 1.807) is 0 Å². The fraction of sp³-hybridized carbons (Fsp3) is 0.381. The van der Waals surface area contributed by atoms with Crippen molar-refractivity contribution in [3.63, 3.8) is 0 Å². The molecule has 0 saturated heterocycles. The lowest BCUT2D eigenvalue weighted by molar-refractivity contribution is 0.252. The first kappa shape index (κ1) is 17.5. The molecule has 0 bridgehead atoms. The summed E-state index contributed by atoms with van der Waals surface area (Å²) in [5.74, 6) is 2.63. The molecule has 0 fully saturated rings. The number of ether oxygens (including phenoxy) is 3. The van der Waals surface area contributed by atoms with Crippen molar-refractivity contribution in [1.29, 1.82) is 0 Å². The van der Waals surface area contributed by atoms with Crippen molar-refractivity contribution in [3.8, 4) is 17.2 Å². The summed E-state index contributed by atoms with van der Waals surface area (Å²) in [5, 5.41) is 5.78. The second kappa shape index (κ2) is 7.78. The summed E-state index contributed by atoms with van der Waals surface area (Å²) >= 11 is 0. The Morgan fingerprint density at radius 2 is 2.04 bits per heavy atom. The number of urea groups is 1. The van der Waals surface area contributed by atoms with E-state index in [0.29, 0.717) is 37.8 Å². The number of amides is 2. The van der Waals surface area contributed by atoms with Crippen LogP contribution in [0.2, 0.25) is 0 Å². The van der Waals surface area contributed by atoms with Crippen molar-refractivity contribution in [1.82, 2.24) is 5.32 Å². The van der Waals surface area contributed by atoms with Crippen LogP contribution in [0.3, 0.4) is 0 Å². The summed E-state index contributed by atoms with van der Waals surface area (Å²) in [5.41, 5.74) is 4.27. The van der Waals surface area contributed by atoms with E-state index in [0.717, 1.165) is 30.8 Å². The zero-order valence-corrected chi connectivity index (χ0v) is 15.5. The monoisotopic (exact) mass is 368 g/mol. The van der Waals surface area contributed by atoms with Crippen LogP contribution in [0.4, 0.5) is 10.5 Å². The highest BCUT2D eigenvalue weighted by molar-refractivity contribution is 5.90. The van der Waals surface area contributed by atoms with Crippen LogP contribution in [0.25, 0.3) is 0 Å². The predicted molar refractivity (Wildman–Crippen MR) is 103 cm³/mol. The molecule has 4 rings (SSSR count). The summed E-state index contributed by atoms with van der Waals surface area (Å²) in [6, 6.07) is 9.28. The molecule has 6 nitrogen and oxygen atoms in total. The summed E-state index contributed by atoms with van der Waals surface area (Å²) < 4.78 is 17.1. The van der Waals surface area contributed by atoms with Crippen molar-refractivity contribution < 1.29 is 19.0 Å². The number of carbonyl (C=O) groups excluding carboxylic acids is 1. The lowest BCUT2D eigenvalue weighted by Gasteiger charge is -2.14. The Labute approximate surface area is 158 Å². The van der Waals surface area contributed by atoms with E-state index in [4.69, 9.17) is 14.2 Å². The van der Waals surface area contributed by atoms with Crippen LogP contribution in [0.5, 0.6) is 17.2 Å². The minimum absolute atomic E-state index is 0.247. The van der Waals surface area contributed by atoms with Gasteiger partial charge in [0.15, 0.2) is 0 Å².